The third-order valence-electron chi connectivity index (χ3n) is 2.13. The van der Waals surface area contributed by atoms with Crippen molar-refractivity contribution in [1.82, 2.24) is 15.2 Å². The normalized spacial score (nSPS) is 9.41. The lowest BCUT2D eigenvalue weighted by atomic mass is 10.2. The molecule has 1 N–H and O–H groups in total. The van der Waals surface area contributed by atoms with E-state index in [-0.39, 0.29) is 5.56 Å². The highest BCUT2D eigenvalue weighted by atomic mass is 16.1. The van der Waals surface area contributed by atoms with E-state index in [0.29, 0.717) is 0 Å². The number of hydrogen-bond acceptors (Lipinski definition) is 3. The standard InChI is InChI=1S/C9H7N.C4H4N2O/c1-2-4-9-7-10-6-5-8(9)3-1;7-4-2-1-3-5-6-4/h1-7H;1-3H,(H,6,7). The summed E-state index contributed by atoms with van der Waals surface area (Å²) < 4.78 is 0. The van der Waals surface area contributed by atoms with Gasteiger partial charge < -0.3 is 0 Å². The Kier molecular flexibility index (Phi) is 3.60. The average molecular weight is 225 g/mol. The van der Waals surface area contributed by atoms with Crippen LogP contribution in [0.4, 0.5) is 0 Å². The van der Waals surface area contributed by atoms with E-state index in [4.69, 9.17) is 0 Å². The van der Waals surface area contributed by atoms with Gasteiger partial charge in [0.25, 0.3) is 5.56 Å². The van der Waals surface area contributed by atoms with Gasteiger partial charge >= 0.3 is 0 Å². The highest BCUT2D eigenvalue weighted by Gasteiger charge is 1.86. The van der Waals surface area contributed by atoms with Crippen molar-refractivity contribution >= 4 is 10.8 Å². The van der Waals surface area contributed by atoms with E-state index in [2.05, 4.69) is 27.3 Å². The molecule has 0 amide bonds. The smallest absolute Gasteiger partial charge is 0.264 e. The number of aromatic nitrogens is 3. The molecular weight excluding hydrogens is 214 g/mol. The van der Waals surface area contributed by atoms with Crippen LogP contribution in [0, 0.1) is 0 Å². The molecule has 3 rings (SSSR count). The minimum Gasteiger partial charge on any atom is -0.268 e. The Morgan fingerprint density at radius 3 is 2.29 bits per heavy atom. The van der Waals surface area contributed by atoms with Gasteiger partial charge in [0, 0.05) is 24.7 Å². The summed E-state index contributed by atoms with van der Waals surface area (Å²) >= 11 is 0. The summed E-state index contributed by atoms with van der Waals surface area (Å²) in [6.45, 7) is 0. The second kappa shape index (κ2) is 5.55. The predicted molar refractivity (Wildman–Crippen MR) is 66.6 cm³/mol. The van der Waals surface area contributed by atoms with Gasteiger partial charge in [-0.05, 0) is 22.9 Å². The minimum atomic E-state index is -0.164. The van der Waals surface area contributed by atoms with Crippen LogP contribution in [0.5, 0.6) is 0 Å². The van der Waals surface area contributed by atoms with Crippen LogP contribution in [0.25, 0.3) is 10.8 Å². The van der Waals surface area contributed by atoms with Gasteiger partial charge in [0.2, 0.25) is 0 Å². The zero-order valence-electron chi connectivity index (χ0n) is 9.08. The fourth-order valence-corrected chi connectivity index (χ4v) is 1.34. The van der Waals surface area contributed by atoms with Crippen molar-refractivity contribution in [3.8, 4) is 0 Å². The summed E-state index contributed by atoms with van der Waals surface area (Å²) in [5.74, 6) is 0. The maximum absolute atomic E-state index is 10.2. The summed E-state index contributed by atoms with van der Waals surface area (Å²) in [6.07, 6.45) is 5.19. The number of hydrogen-bond donors (Lipinski definition) is 1. The molecule has 17 heavy (non-hydrogen) atoms. The van der Waals surface area contributed by atoms with Crippen LogP contribution in [0.3, 0.4) is 0 Å². The third-order valence-corrected chi connectivity index (χ3v) is 2.13. The van der Waals surface area contributed by atoms with E-state index in [1.54, 1.807) is 6.07 Å². The van der Waals surface area contributed by atoms with Gasteiger partial charge in [-0.25, -0.2) is 5.10 Å². The Morgan fingerprint density at radius 2 is 1.71 bits per heavy atom. The SMILES string of the molecule is O=c1cccn[nH]1.c1ccc2cnccc2c1. The van der Waals surface area contributed by atoms with E-state index in [1.807, 2.05) is 30.6 Å². The van der Waals surface area contributed by atoms with Crippen LogP contribution in [-0.2, 0) is 0 Å². The molecule has 0 aliphatic rings. The van der Waals surface area contributed by atoms with Crippen molar-refractivity contribution in [2.24, 2.45) is 0 Å². The predicted octanol–water partition coefficient (Wildman–Crippen LogP) is 2.00. The lowest BCUT2D eigenvalue weighted by Gasteiger charge is -1.91. The first-order valence-electron chi connectivity index (χ1n) is 5.15. The van der Waals surface area contributed by atoms with Gasteiger partial charge in [-0.3, -0.25) is 9.78 Å². The summed E-state index contributed by atoms with van der Waals surface area (Å²) in [5.41, 5.74) is -0.164. The Balaban J connectivity index is 0.000000136. The van der Waals surface area contributed by atoms with Crippen molar-refractivity contribution in [2.75, 3.05) is 0 Å². The van der Waals surface area contributed by atoms with E-state index in [9.17, 15) is 4.79 Å². The first-order chi connectivity index (χ1) is 8.36. The molecule has 0 unspecified atom stereocenters. The molecular formula is C13H11N3O. The summed E-state index contributed by atoms with van der Waals surface area (Å²) in [5, 5.41) is 8.12. The van der Waals surface area contributed by atoms with Crippen molar-refractivity contribution in [1.29, 1.82) is 0 Å². The molecule has 0 atom stereocenters. The number of rotatable bonds is 0. The molecule has 3 aromatic rings. The molecule has 4 heteroatoms. The molecule has 0 saturated carbocycles. The topological polar surface area (TPSA) is 58.6 Å². The van der Waals surface area contributed by atoms with Crippen LogP contribution in [0.1, 0.15) is 0 Å². The Labute approximate surface area is 98.0 Å². The highest BCUT2D eigenvalue weighted by Crippen LogP contribution is 2.09. The maximum Gasteiger partial charge on any atom is 0.264 e. The van der Waals surface area contributed by atoms with Crippen molar-refractivity contribution < 1.29 is 0 Å². The number of nitrogens with one attached hydrogen (secondary N) is 1. The van der Waals surface area contributed by atoms with Crippen molar-refractivity contribution in [2.45, 2.75) is 0 Å². The van der Waals surface area contributed by atoms with Gasteiger partial charge in [-0.2, -0.15) is 5.10 Å². The van der Waals surface area contributed by atoms with Crippen LogP contribution >= 0.6 is 0 Å². The largest absolute Gasteiger partial charge is 0.268 e. The fraction of sp³-hybridized carbons (Fsp3) is 0. The molecule has 2 aromatic heterocycles. The molecule has 1 aromatic carbocycles. The number of nitrogens with zero attached hydrogens (tertiary/aromatic N) is 2. The second-order valence-corrected chi connectivity index (χ2v) is 3.34. The molecule has 0 radical (unpaired) electrons. The molecule has 0 bridgehead atoms. The summed E-state index contributed by atoms with van der Waals surface area (Å²) in [7, 11) is 0. The van der Waals surface area contributed by atoms with Crippen molar-refractivity contribution in [3.05, 3.63) is 71.4 Å². The fourth-order valence-electron chi connectivity index (χ4n) is 1.34. The molecule has 0 aliphatic heterocycles. The van der Waals surface area contributed by atoms with Crippen molar-refractivity contribution in [3.63, 3.8) is 0 Å². The maximum atomic E-state index is 10.2. The molecule has 0 spiro atoms. The molecule has 4 nitrogen and oxygen atoms in total. The van der Waals surface area contributed by atoms with E-state index >= 15 is 0 Å². The Bertz CT molecular complexity index is 566. The monoisotopic (exact) mass is 225 g/mol. The third kappa shape index (κ3) is 3.24. The first-order valence-corrected chi connectivity index (χ1v) is 5.15. The highest BCUT2D eigenvalue weighted by molar-refractivity contribution is 5.80. The quantitative estimate of drug-likeness (QED) is 0.636. The molecule has 0 saturated heterocycles. The molecule has 84 valence electrons. The number of H-pyrrole nitrogens is 1. The summed E-state index contributed by atoms with van der Waals surface area (Å²) in [6, 6.07) is 13.2. The number of pyridine rings is 1. The van der Waals surface area contributed by atoms with Gasteiger partial charge in [0.05, 0.1) is 0 Å². The van der Waals surface area contributed by atoms with E-state index < -0.39 is 0 Å². The Morgan fingerprint density at radius 1 is 0.882 bits per heavy atom. The van der Waals surface area contributed by atoms with Crippen LogP contribution in [-0.4, -0.2) is 15.2 Å². The van der Waals surface area contributed by atoms with Crippen LogP contribution in [0.15, 0.2) is 65.8 Å². The number of benzene rings is 1. The molecule has 2 heterocycles. The number of fused-ring (bicyclic) bond motifs is 1. The number of aromatic amines is 1. The molecule has 0 aliphatic carbocycles. The van der Waals surface area contributed by atoms with Gasteiger partial charge in [0.15, 0.2) is 0 Å². The van der Waals surface area contributed by atoms with Crippen LogP contribution < -0.4 is 5.56 Å². The minimum absolute atomic E-state index is 0.164. The zero-order chi connectivity index (χ0) is 11.9. The lowest BCUT2D eigenvalue weighted by molar-refractivity contribution is 0.988. The molecule has 0 fully saturated rings. The van der Waals surface area contributed by atoms with E-state index in [1.165, 1.54) is 23.0 Å². The second-order valence-electron chi connectivity index (χ2n) is 3.34. The summed E-state index contributed by atoms with van der Waals surface area (Å²) in [4.78, 5) is 14.2. The van der Waals surface area contributed by atoms with E-state index in [0.717, 1.165) is 0 Å². The Hall–Kier alpha value is -2.49. The van der Waals surface area contributed by atoms with Gasteiger partial charge in [0.1, 0.15) is 0 Å². The van der Waals surface area contributed by atoms with Gasteiger partial charge in [-0.15, -0.1) is 0 Å². The van der Waals surface area contributed by atoms with Crippen LogP contribution in [0.2, 0.25) is 0 Å². The first kappa shape index (κ1) is 11.0. The average Bonchev–Trinajstić information content (AvgIpc) is 2.41. The van der Waals surface area contributed by atoms with Gasteiger partial charge in [-0.1, -0.05) is 24.3 Å². The lowest BCUT2D eigenvalue weighted by Crippen LogP contribution is -2.02. The zero-order valence-corrected chi connectivity index (χ0v) is 9.08.